The van der Waals surface area contributed by atoms with E-state index in [1.807, 2.05) is 6.92 Å². The standard InChI is InChI=1S/C15H22N2O3S/c1-2-19-14(18)11-5-6-12-13(11)17-15(21-12)16-8-7-10-4-3-9-20-10/h10-11H,2-9H2,1H3,(H,16,17). The Kier molecular flexibility index (Phi) is 4.75. The minimum atomic E-state index is -0.162. The highest BCUT2D eigenvalue weighted by molar-refractivity contribution is 7.15. The molecule has 0 aromatic carbocycles. The number of ether oxygens (including phenoxy) is 2. The van der Waals surface area contributed by atoms with Crippen LogP contribution in [0.25, 0.3) is 0 Å². The highest BCUT2D eigenvalue weighted by Gasteiger charge is 2.33. The monoisotopic (exact) mass is 310 g/mol. The summed E-state index contributed by atoms with van der Waals surface area (Å²) in [4.78, 5) is 17.7. The normalized spacial score (nSPS) is 24.0. The molecular weight excluding hydrogens is 288 g/mol. The van der Waals surface area contributed by atoms with Gasteiger partial charge in [-0.2, -0.15) is 0 Å². The molecule has 0 bridgehead atoms. The quantitative estimate of drug-likeness (QED) is 0.819. The van der Waals surface area contributed by atoms with Crippen molar-refractivity contribution in [1.29, 1.82) is 0 Å². The SMILES string of the molecule is CCOC(=O)C1CCc2sc(NCCC3CCCO3)nc21. The predicted molar refractivity (Wildman–Crippen MR) is 81.9 cm³/mol. The molecule has 5 nitrogen and oxygen atoms in total. The fourth-order valence-electron chi connectivity index (χ4n) is 2.99. The van der Waals surface area contributed by atoms with Crippen molar-refractivity contribution in [1.82, 2.24) is 4.98 Å². The summed E-state index contributed by atoms with van der Waals surface area (Å²) in [6, 6.07) is 0. The number of esters is 1. The number of aromatic nitrogens is 1. The highest BCUT2D eigenvalue weighted by atomic mass is 32.1. The summed E-state index contributed by atoms with van der Waals surface area (Å²) in [6.07, 6.45) is 5.54. The van der Waals surface area contributed by atoms with Crippen molar-refractivity contribution in [3.05, 3.63) is 10.6 Å². The van der Waals surface area contributed by atoms with Crippen molar-refractivity contribution < 1.29 is 14.3 Å². The van der Waals surface area contributed by atoms with E-state index in [-0.39, 0.29) is 11.9 Å². The maximum Gasteiger partial charge on any atom is 0.315 e. The Bertz CT molecular complexity index is 497. The molecule has 2 unspecified atom stereocenters. The van der Waals surface area contributed by atoms with Gasteiger partial charge in [0.15, 0.2) is 5.13 Å². The molecule has 1 aromatic heterocycles. The van der Waals surface area contributed by atoms with Gasteiger partial charge < -0.3 is 14.8 Å². The lowest BCUT2D eigenvalue weighted by atomic mass is 10.1. The molecule has 0 amide bonds. The third-order valence-electron chi connectivity index (χ3n) is 4.06. The number of aryl methyl sites for hydroxylation is 1. The van der Waals surface area contributed by atoms with Gasteiger partial charge in [0.05, 0.1) is 18.4 Å². The van der Waals surface area contributed by atoms with Crippen LogP contribution in [0.2, 0.25) is 0 Å². The second-order valence-electron chi connectivity index (χ2n) is 5.52. The molecule has 2 heterocycles. The van der Waals surface area contributed by atoms with E-state index in [1.165, 1.54) is 17.7 Å². The molecule has 6 heteroatoms. The fourth-order valence-corrected chi connectivity index (χ4v) is 4.05. The Labute approximate surface area is 129 Å². The molecule has 1 saturated heterocycles. The van der Waals surface area contributed by atoms with Gasteiger partial charge in [-0.1, -0.05) is 0 Å². The van der Waals surface area contributed by atoms with Crippen LogP contribution < -0.4 is 5.32 Å². The number of rotatable bonds is 6. The minimum Gasteiger partial charge on any atom is -0.465 e. The number of carbonyl (C=O) groups excluding carboxylic acids is 1. The van der Waals surface area contributed by atoms with Gasteiger partial charge in [0.25, 0.3) is 0 Å². The highest BCUT2D eigenvalue weighted by Crippen LogP contribution is 2.38. The summed E-state index contributed by atoms with van der Waals surface area (Å²) in [5.41, 5.74) is 0.929. The summed E-state index contributed by atoms with van der Waals surface area (Å²) in [7, 11) is 0. The molecular formula is C15H22N2O3S. The van der Waals surface area contributed by atoms with Gasteiger partial charge in [0, 0.05) is 18.0 Å². The molecule has 0 radical (unpaired) electrons. The van der Waals surface area contributed by atoms with Crippen molar-refractivity contribution in [3.8, 4) is 0 Å². The Morgan fingerprint density at radius 1 is 1.52 bits per heavy atom. The molecule has 2 atom stereocenters. The number of nitrogens with one attached hydrogen (secondary N) is 1. The molecule has 21 heavy (non-hydrogen) atoms. The Morgan fingerprint density at radius 3 is 3.19 bits per heavy atom. The number of thiazole rings is 1. The first-order valence-corrected chi connectivity index (χ1v) is 8.61. The van der Waals surface area contributed by atoms with E-state index < -0.39 is 0 Å². The molecule has 1 aromatic rings. The third kappa shape index (κ3) is 3.37. The molecule has 3 rings (SSSR count). The number of anilines is 1. The number of fused-ring (bicyclic) bond motifs is 1. The molecule has 1 fully saturated rings. The average Bonchev–Trinajstić information content (AvgIpc) is 3.14. The maximum atomic E-state index is 11.9. The maximum absolute atomic E-state index is 11.9. The zero-order chi connectivity index (χ0) is 14.7. The van der Waals surface area contributed by atoms with Crippen LogP contribution in [-0.4, -0.2) is 36.8 Å². The summed E-state index contributed by atoms with van der Waals surface area (Å²) >= 11 is 1.67. The zero-order valence-electron chi connectivity index (χ0n) is 12.4. The first-order valence-electron chi connectivity index (χ1n) is 7.79. The van der Waals surface area contributed by atoms with Gasteiger partial charge >= 0.3 is 5.97 Å². The molecule has 0 spiro atoms. The van der Waals surface area contributed by atoms with E-state index in [2.05, 4.69) is 10.3 Å². The van der Waals surface area contributed by atoms with Gasteiger partial charge in [-0.3, -0.25) is 4.79 Å². The van der Waals surface area contributed by atoms with E-state index in [0.717, 1.165) is 43.2 Å². The smallest absolute Gasteiger partial charge is 0.315 e. The Hall–Kier alpha value is -1.14. The Balaban J connectivity index is 1.54. The lowest BCUT2D eigenvalue weighted by molar-refractivity contribution is -0.145. The topological polar surface area (TPSA) is 60.5 Å². The summed E-state index contributed by atoms with van der Waals surface area (Å²) in [6.45, 7) is 4.05. The summed E-state index contributed by atoms with van der Waals surface area (Å²) in [5.74, 6) is -0.294. The van der Waals surface area contributed by atoms with Crippen LogP contribution in [0.4, 0.5) is 5.13 Å². The lowest BCUT2D eigenvalue weighted by Gasteiger charge is -2.10. The predicted octanol–water partition coefficient (Wildman–Crippen LogP) is 2.72. The van der Waals surface area contributed by atoms with Crippen LogP contribution in [-0.2, 0) is 20.7 Å². The first-order chi connectivity index (χ1) is 10.3. The second-order valence-corrected chi connectivity index (χ2v) is 6.60. The van der Waals surface area contributed by atoms with Gasteiger partial charge in [-0.15, -0.1) is 11.3 Å². The fraction of sp³-hybridized carbons (Fsp3) is 0.733. The zero-order valence-corrected chi connectivity index (χ0v) is 13.2. The van der Waals surface area contributed by atoms with Crippen LogP contribution >= 0.6 is 11.3 Å². The summed E-state index contributed by atoms with van der Waals surface area (Å²) < 4.78 is 10.7. The van der Waals surface area contributed by atoms with E-state index in [9.17, 15) is 4.79 Å². The van der Waals surface area contributed by atoms with Crippen LogP contribution in [0.15, 0.2) is 0 Å². The Morgan fingerprint density at radius 2 is 2.43 bits per heavy atom. The van der Waals surface area contributed by atoms with E-state index >= 15 is 0 Å². The van der Waals surface area contributed by atoms with Crippen molar-refractivity contribution in [3.63, 3.8) is 0 Å². The van der Waals surface area contributed by atoms with Crippen molar-refractivity contribution >= 4 is 22.4 Å². The van der Waals surface area contributed by atoms with Gasteiger partial charge in [0.1, 0.15) is 5.92 Å². The van der Waals surface area contributed by atoms with E-state index in [1.54, 1.807) is 11.3 Å². The third-order valence-corrected chi connectivity index (χ3v) is 5.14. The van der Waals surface area contributed by atoms with Crippen molar-refractivity contribution in [2.24, 2.45) is 0 Å². The number of hydrogen-bond acceptors (Lipinski definition) is 6. The van der Waals surface area contributed by atoms with Crippen LogP contribution in [0.3, 0.4) is 0 Å². The van der Waals surface area contributed by atoms with E-state index in [0.29, 0.717) is 12.7 Å². The van der Waals surface area contributed by atoms with Crippen molar-refractivity contribution in [2.75, 3.05) is 25.1 Å². The average molecular weight is 310 g/mol. The number of nitrogens with zero attached hydrogens (tertiary/aromatic N) is 1. The molecule has 116 valence electrons. The van der Waals surface area contributed by atoms with Gasteiger partial charge in [-0.05, 0) is 39.0 Å². The molecule has 2 aliphatic rings. The van der Waals surface area contributed by atoms with Gasteiger partial charge in [0.2, 0.25) is 0 Å². The largest absolute Gasteiger partial charge is 0.465 e. The lowest BCUT2D eigenvalue weighted by Crippen LogP contribution is -2.15. The number of carbonyl (C=O) groups is 1. The second kappa shape index (κ2) is 6.75. The molecule has 0 saturated carbocycles. The van der Waals surface area contributed by atoms with Crippen LogP contribution in [0.5, 0.6) is 0 Å². The first kappa shape index (κ1) is 14.8. The van der Waals surface area contributed by atoms with E-state index in [4.69, 9.17) is 9.47 Å². The van der Waals surface area contributed by atoms with Crippen LogP contribution in [0.1, 0.15) is 49.1 Å². The summed E-state index contributed by atoms with van der Waals surface area (Å²) in [5, 5.41) is 4.29. The van der Waals surface area contributed by atoms with Crippen molar-refractivity contribution in [2.45, 2.75) is 51.0 Å². The minimum absolute atomic E-state index is 0.132. The number of hydrogen-bond donors (Lipinski definition) is 1. The molecule has 1 aliphatic carbocycles. The van der Waals surface area contributed by atoms with Crippen LogP contribution in [0, 0.1) is 0 Å². The molecule has 1 aliphatic heterocycles. The molecule has 1 N–H and O–H groups in total. The van der Waals surface area contributed by atoms with Gasteiger partial charge in [-0.25, -0.2) is 4.98 Å².